The van der Waals surface area contributed by atoms with Gasteiger partial charge < -0.3 is 9.80 Å². The third-order valence-electron chi connectivity index (χ3n) is 7.16. The topological polar surface area (TPSA) is 43.2 Å². The van der Waals surface area contributed by atoms with Crippen LogP contribution in [-0.4, -0.2) is 19.3 Å². The van der Waals surface area contributed by atoms with Crippen LogP contribution >= 0.6 is 0 Å². The van der Waals surface area contributed by atoms with Crippen LogP contribution in [0.1, 0.15) is 5.69 Å². The van der Waals surface area contributed by atoms with Crippen molar-refractivity contribution in [1.29, 1.82) is 5.26 Å². The van der Waals surface area contributed by atoms with Gasteiger partial charge in [-0.1, -0.05) is 65.5 Å². The average molecular weight is 459 g/mol. The molecule has 0 aliphatic carbocycles. The highest BCUT2D eigenvalue weighted by molar-refractivity contribution is 6.76. The summed E-state index contributed by atoms with van der Waals surface area (Å²) in [5.41, 5.74) is 13.1. The number of fused-ring (bicyclic) bond motifs is 5. The first-order valence-electron chi connectivity index (χ1n) is 11.9. The maximum atomic E-state index is 9.37. The highest BCUT2D eigenvalue weighted by Gasteiger charge is 2.32. The van der Waals surface area contributed by atoms with E-state index < -0.39 is 0 Å². The van der Waals surface area contributed by atoms with Crippen molar-refractivity contribution in [2.24, 2.45) is 0 Å². The van der Waals surface area contributed by atoms with Crippen LogP contribution in [0.3, 0.4) is 0 Å². The van der Waals surface area contributed by atoms with Gasteiger partial charge in [0, 0.05) is 18.9 Å². The lowest BCUT2D eigenvalue weighted by Crippen LogP contribution is -2.31. The lowest BCUT2D eigenvalue weighted by Gasteiger charge is -2.39. The third-order valence-corrected chi connectivity index (χ3v) is 7.16. The third kappa shape index (κ3) is 2.91. The van der Waals surface area contributed by atoms with E-state index in [2.05, 4.69) is 120 Å². The van der Waals surface area contributed by atoms with Crippen molar-refractivity contribution in [2.45, 2.75) is 0 Å². The van der Waals surface area contributed by atoms with Gasteiger partial charge in [-0.25, -0.2) is 4.98 Å². The summed E-state index contributed by atoms with van der Waals surface area (Å²) in [5.74, 6) is 0. The summed E-state index contributed by atoms with van der Waals surface area (Å²) < 4.78 is 0. The Bertz CT molecular complexity index is 1670. The minimum atomic E-state index is 0.423. The Morgan fingerprint density at radius 1 is 0.667 bits per heavy atom. The van der Waals surface area contributed by atoms with Crippen LogP contribution in [0.4, 0.5) is 28.4 Å². The van der Waals surface area contributed by atoms with E-state index in [-0.39, 0.29) is 0 Å². The van der Waals surface area contributed by atoms with Gasteiger partial charge >= 0.3 is 0 Å². The quantitative estimate of drug-likeness (QED) is 0.307. The van der Waals surface area contributed by atoms with Gasteiger partial charge in [-0.05, 0) is 64.7 Å². The van der Waals surface area contributed by atoms with Crippen LogP contribution in [0.25, 0.3) is 22.3 Å². The molecule has 4 nitrogen and oxygen atoms in total. The molecule has 5 aromatic rings. The Kier molecular flexibility index (Phi) is 4.49. The SMILES string of the molecule is CN1c2ccccc2N(c2cccc3c2[B]c2c(-c4ccnc(C#N)c4)cccc2-3)c2ccccc21. The molecular weight excluding hydrogens is 439 g/mol. The fourth-order valence-corrected chi connectivity index (χ4v) is 5.54. The lowest BCUT2D eigenvalue weighted by atomic mass is 9.64. The molecular formula is C31H20BN4. The molecule has 0 spiro atoms. The van der Waals surface area contributed by atoms with Gasteiger partial charge in [0.2, 0.25) is 0 Å². The number of aromatic nitrogens is 1. The molecule has 167 valence electrons. The monoisotopic (exact) mass is 459 g/mol. The number of rotatable bonds is 2. The van der Waals surface area contributed by atoms with Gasteiger partial charge in [-0.2, -0.15) is 5.26 Å². The molecule has 0 N–H and O–H groups in total. The zero-order chi connectivity index (χ0) is 24.2. The van der Waals surface area contributed by atoms with Gasteiger partial charge in [0.1, 0.15) is 11.8 Å². The smallest absolute Gasteiger partial charge is 0.196 e. The maximum absolute atomic E-state index is 9.37. The lowest BCUT2D eigenvalue weighted by molar-refractivity contribution is 1.13. The summed E-state index contributed by atoms with van der Waals surface area (Å²) in [6.07, 6.45) is 1.71. The summed E-state index contributed by atoms with van der Waals surface area (Å²) in [6.45, 7) is 0. The largest absolute Gasteiger partial charge is 0.341 e. The van der Waals surface area contributed by atoms with Crippen LogP contribution in [0.15, 0.2) is 103 Å². The maximum Gasteiger partial charge on any atom is 0.196 e. The van der Waals surface area contributed by atoms with Gasteiger partial charge in [0.25, 0.3) is 0 Å². The minimum Gasteiger partial charge on any atom is -0.341 e. The molecule has 2 aliphatic rings. The van der Waals surface area contributed by atoms with E-state index in [9.17, 15) is 5.26 Å². The minimum absolute atomic E-state index is 0.423. The molecule has 4 aromatic carbocycles. The highest BCUT2D eigenvalue weighted by Crippen LogP contribution is 2.50. The molecule has 0 saturated carbocycles. The number of nitriles is 1. The van der Waals surface area contributed by atoms with Crippen molar-refractivity contribution in [3.8, 4) is 28.3 Å². The Balaban J connectivity index is 1.42. The summed E-state index contributed by atoms with van der Waals surface area (Å²) in [5, 5.41) is 9.37. The van der Waals surface area contributed by atoms with E-state index in [1.165, 1.54) is 33.4 Å². The molecule has 0 saturated heterocycles. The molecule has 0 amide bonds. The second kappa shape index (κ2) is 7.86. The van der Waals surface area contributed by atoms with Crippen molar-refractivity contribution in [1.82, 2.24) is 4.98 Å². The second-order valence-corrected chi connectivity index (χ2v) is 9.06. The Labute approximate surface area is 210 Å². The average Bonchev–Trinajstić information content (AvgIpc) is 3.33. The van der Waals surface area contributed by atoms with Gasteiger partial charge in [-0.15, -0.1) is 0 Å². The van der Waals surface area contributed by atoms with Crippen LogP contribution in [0.5, 0.6) is 0 Å². The van der Waals surface area contributed by atoms with E-state index in [1.54, 1.807) is 6.20 Å². The summed E-state index contributed by atoms with van der Waals surface area (Å²) in [6, 6.07) is 36.1. The molecule has 0 fully saturated rings. The van der Waals surface area contributed by atoms with Crippen LogP contribution in [0.2, 0.25) is 0 Å². The fourth-order valence-electron chi connectivity index (χ4n) is 5.54. The van der Waals surface area contributed by atoms with Crippen molar-refractivity contribution in [3.63, 3.8) is 0 Å². The number of hydrogen-bond acceptors (Lipinski definition) is 4. The highest BCUT2D eigenvalue weighted by atomic mass is 15.3. The number of anilines is 5. The first-order chi connectivity index (χ1) is 17.7. The van der Waals surface area contributed by atoms with Crippen LogP contribution in [0, 0.1) is 11.3 Å². The van der Waals surface area contributed by atoms with Gasteiger partial charge in [0.05, 0.1) is 22.7 Å². The number of pyridine rings is 1. The molecule has 0 atom stereocenters. The van der Waals surface area contributed by atoms with Crippen molar-refractivity contribution >= 4 is 46.6 Å². The van der Waals surface area contributed by atoms with Crippen molar-refractivity contribution in [3.05, 3.63) is 109 Å². The molecule has 36 heavy (non-hydrogen) atoms. The molecule has 0 unspecified atom stereocenters. The van der Waals surface area contributed by atoms with E-state index in [0.29, 0.717) is 5.69 Å². The molecule has 1 aromatic heterocycles. The van der Waals surface area contributed by atoms with E-state index in [1.807, 2.05) is 12.1 Å². The predicted molar refractivity (Wildman–Crippen MR) is 148 cm³/mol. The summed E-state index contributed by atoms with van der Waals surface area (Å²) in [4.78, 5) is 8.80. The van der Waals surface area contributed by atoms with E-state index in [0.717, 1.165) is 28.2 Å². The van der Waals surface area contributed by atoms with Gasteiger partial charge in [0.15, 0.2) is 7.28 Å². The zero-order valence-corrected chi connectivity index (χ0v) is 19.7. The summed E-state index contributed by atoms with van der Waals surface area (Å²) >= 11 is 0. The molecule has 5 heteroatoms. The fraction of sp³-hybridized carbons (Fsp3) is 0.0323. The first-order valence-corrected chi connectivity index (χ1v) is 11.9. The normalized spacial score (nSPS) is 12.7. The number of hydrogen-bond donors (Lipinski definition) is 0. The Morgan fingerprint density at radius 3 is 1.94 bits per heavy atom. The second-order valence-electron chi connectivity index (χ2n) is 9.06. The van der Waals surface area contributed by atoms with Crippen LogP contribution in [-0.2, 0) is 0 Å². The molecule has 2 aliphatic heterocycles. The number of para-hydroxylation sites is 4. The predicted octanol–water partition coefficient (Wildman–Crippen LogP) is 5.81. The van der Waals surface area contributed by atoms with Gasteiger partial charge in [-0.3, -0.25) is 0 Å². The van der Waals surface area contributed by atoms with E-state index in [4.69, 9.17) is 0 Å². The summed E-state index contributed by atoms with van der Waals surface area (Å²) in [7, 11) is 4.42. The molecule has 7 rings (SSSR count). The number of nitrogens with zero attached hydrogens (tertiary/aromatic N) is 4. The molecule has 0 bridgehead atoms. The first kappa shape index (κ1) is 20.5. The van der Waals surface area contributed by atoms with Crippen LogP contribution < -0.4 is 20.7 Å². The Morgan fingerprint density at radius 2 is 1.25 bits per heavy atom. The number of benzene rings is 4. The molecule has 3 heterocycles. The van der Waals surface area contributed by atoms with E-state index >= 15 is 0 Å². The Hall–Kier alpha value is -4.82. The van der Waals surface area contributed by atoms with Crippen molar-refractivity contribution < 1.29 is 0 Å². The van der Waals surface area contributed by atoms with Crippen molar-refractivity contribution in [2.75, 3.05) is 16.8 Å². The zero-order valence-electron chi connectivity index (χ0n) is 19.7. The molecule has 1 radical (unpaired) electrons. The standard InChI is InChI=1S/C31H20BN4/c1-35-25-11-2-4-13-27(25)36(28-14-5-3-12-26(28)35)29-15-7-10-24-23-9-6-8-22(30(23)32-31(24)29)20-16-17-34-21(18-20)19-33/h2-18H,1H3.